The highest BCUT2D eigenvalue weighted by Gasteiger charge is 2.10. The first kappa shape index (κ1) is 19.9. The first-order chi connectivity index (χ1) is 12.6. The average molecular weight is 462 g/mol. The number of hydrazone groups is 1. The number of hydrogen-bond acceptors (Lipinski definition) is 6. The molecule has 134 valence electrons. The predicted molar refractivity (Wildman–Crippen MR) is 110 cm³/mol. The van der Waals surface area contributed by atoms with E-state index in [9.17, 15) is 5.26 Å². The molecule has 0 aliphatic rings. The molecule has 6 nitrogen and oxygen atoms in total. The highest BCUT2D eigenvalue weighted by atomic mass is 127. The second kappa shape index (κ2) is 9.89. The van der Waals surface area contributed by atoms with Crippen LogP contribution in [0.4, 0.5) is 5.82 Å². The van der Waals surface area contributed by atoms with E-state index in [1.165, 1.54) is 0 Å². The van der Waals surface area contributed by atoms with Crippen molar-refractivity contribution in [2.45, 2.75) is 13.5 Å². The second-order valence-electron chi connectivity index (χ2n) is 5.35. The minimum atomic E-state index is 0.342. The lowest BCUT2D eigenvalue weighted by Gasteiger charge is -2.09. The number of pyridine rings is 1. The Bertz CT molecular complexity index is 859. The van der Waals surface area contributed by atoms with Gasteiger partial charge in [-0.25, -0.2) is 4.98 Å². The van der Waals surface area contributed by atoms with Crippen LogP contribution in [0.3, 0.4) is 0 Å². The molecule has 0 unspecified atom stereocenters. The number of methoxy groups -OCH3 is 1. The van der Waals surface area contributed by atoms with Gasteiger partial charge in [-0.3, -0.25) is 5.43 Å². The van der Waals surface area contributed by atoms with Crippen molar-refractivity contribution >= 4 is 34.6 Å². The maximum absolute atomic E-state index is 9.41. The molecule has 0 aliphatic heterocycles. The lowest BCUT2D eigenvalue weighted by molar-refractivity contribution is 0.184. The van der Waals surface area contributed by atoms with Crippen LogP contribution >= 0.6 is 22.6 Å². The van der Waals surface area contributed by atoms with Crippen LogP contribution < -0.4 is 10.2 Å². The molecule has 2 aromatic rings. The van der Waals surface area contributed by atoms with Crippen molar-refractivity contribution in [1.82, 2.24) is 4.98 Å². The van der Waals surface area contributed by atoms with Crippen LogP contribution in [-0.2, 0) is 11.3 Å². The van der Waals surface area contributed by atoms with Crippen molar-refractivity contribution in [3.05, 3.63) is 62.9 Å². The summed E-state index contributed by atoms with van der Waals surface area (Å²) in [4.78, 5) is 4.35. The van der Waals surface area contributed by atoms with Crippen molar-refractivity contribution in [1.29, 1.82) is 5.26 Å². The fourth-order valence-electron chi connectivity index (χ4n) is 2.25. The number of nitriles is 1. The molecule has 0 saturated carbocycles. The van der Waals surface area contributed by atoms with Gasteiger partial charge >= 0.3 is 0 Å². The Morgan fingerprint density at radius 2 is 2.23 bits per heavy atom. The van der Waals surface area contributed by atoms with E-state index >= 15 is 0 Å². The number of rotatable bonds is 8. The SMILES string of the molecule is C=CCOc1ccc(/C=N\Nc2nc(C)cc(COC)c2C#N)cc1I. The van der Waals surface area contributed by atoms with Crippen LogP contribution in [0.25, 0.3) is 0 Å². The minimum absolute atomic E-state index is 0.342. The maximum atomic E-state index is 9.41. The molecule has 1 N–H and O–H groups in total. The largest absolute Gasteiger partial charge is 0.488 e. The summed E-state index contributed by atoms with van der Waals surface area (Å²) in [5.74, 6) is 1.21. The zero-order valence-corrected chi connectivity index (χ0v) is 16.8. The van der Waals surface area contributed by atoms with Crippen LogP contribution in [0.2, 0.25) is 0 Å². The van der Waals surface area contributed by atoms with Gasteiger partial charge in [-0.2, -0.15) is 10.4 Å². The zero-order valence-electron chi connectivity index (χ0n) is 14.6. The third-order valence-corrected chi connectivity index (χ3v) is 4.18. The van der Waals surface area contributed by atoms with E-state index in [4.69, 9.17) is 9.47 Å². The summed E-state index contributed by atoms with van der Waals surface area (Å²) in [6, 6.07) is 9.73. The first-order valence-electron chi connectivity index (χ1n) is 7.81. The Balaban J connectivity index is 2.17. The summed E-state index contributed by atoms with van der Waals surface area (Å²) in [6.07, 6.45) is 3.37. The normalized spacial score (nSPS) is 10.5. The molecular weight excluding hydrogens is 443 g/mol. The molecule has 0 atom stereocenters. The Hall–Kier alpha value is -2.44. The summed E-state index contributed by atoms with van der Waals surface area (Å²) in [5, 5.41) is 13.6. The standard InChI is InChI=1S/C19H19IN4O2/c1-4-7-26-18-6-5-14(9-17(18)20)11-22-24-19-16(10-21)15(12-25-3)8-13(2)23-19/h4-6,8-9,11H,1,7,12H2,2-3H3,(H,23,24)/b22-11-. The van der Waals surface area contributed by atoms with Gasteiger partial charge in [-0.05, 0) is 59.3 Å². The number of anilines is 1. The number of nitrogens with zero attached hydrogens (tertiary/aromatic N) is 3. The van der Waals surface area contributed by atoms with Gasteiger partial charge in [0.25, 0.3) is 0 Å². The number of halogens is 1. The molecule has 0 bridgehead atoms. The number of aryl methyl sites for hydroxylation is 1. The Kier molecular flexibility index (Phi) is 7.56. The quantitative estimate of drug-likeness (QED) is 0.278. The van der Waals surface area contributed by atoms with Crippen LogP contribution in [-0.4, -0.2) is 24.9 Å². The molecule has 0 saturated heterocycles. The van der Waals surface area contributed by atoms with Gasteiger partial charge in [0.2, 0.25) is 0 Å². The monoisotopic (exact) mass is 462 g/mol. The molecule has 26 heavy (non-hydrogen) atoms. The lowest BCUT2D eigenvalue weighted by Crippen LogP contribution is -2.03. The van der Waals surface area contributed by atoms with Gasteiger partial charge in [-0.15, -0.1) is 0 Å². The fraction of sp³-hybridized carbons (Fsp3) is 0.211. The summed E-state index contributed by atoms with van der Waals surface area (Å²) in [6.45, 7) is 6.30. The molecular formula is C19H19IN4O2. The number of aromatic nitrogens is 1. The van der Waals surface area contributed by atoms with E-state index in [1.807, 2.05) is 31.2 Å². The van der Waals surface area contributed by atoms with E-state index < -0.39 is 0 Å². The molecule has 0 fully saturated rings. The Morgan fingerprint density at radius 3 is 2.88 bits per heavy atom. The van der Waals surface area contributed by atoms with E-state index in [2.05, 4.69) is 50.8 Å². The van der Waals surface area contributed by atoms with E-state index in [0.717, 1.165) is 26.1 Å². The molecule has 2 rings (SSSR count). The van der Waals surface area contributed by atoms with Crippen molar-refractivity contribution in [2.24, 2.45) is 5.10 Å². The average Bonchev–Trinajstić information content (AvgIpc) is 2.61. The highest BCUT2D eigenvalue weighted by Crippen LogP contribution is 2.22. The molecule has 0 radical (unpaired) electrons. The third-order valence-electron chi connectivity index (χ3n) is 3.34. The van der Waals surface area contributed by atoms with E-state index in [1.54, 1.807) is 19.4 Å². The van der Waals surface area contributed by atoms with Crippen LogP contribution in [0.5, 0.6) is 5.75 Å². The topological polar surface area (TPSA) is 79.5 Å². The number of nitrogens with one attached hydrogen (secondary N) is 1. The minimum Gasteiger partial charge on any atom is -0.488 e. The second-order valence-corrected chi connectivity index (χ2v) is 6.51. The van der Waals surface area contributed by atoms with Crippen molar-refractivity contribution < 1.29 is 9.47 Å². The van der Waals surface area contributed by atoms with Crippen molar-refractivity contribution in [3.63, 3.8) is 0 Å². The first-order valence-corrected chi connectivity index (χ1v) is 8.88. The number of hydrogen-bond donors (Lipinski definition) is 1. The Labute approximate surface area is 166 Å². The molecule has 1 aromatic carbocycles. The van der Waals surface area contributed by atoms with Crippen LogP contribution in [0, 0.1) is 21.8 Å². The van der Waals surface area contributed by atoms with E-state index in [0.29, 0.717) is 24.6 Å². The predicted octanol–water partition coefficient (Wildman–Crippen LogP) is 4.02. The Morgan fingerprint density at radius 1 is 1.42 bits per heavy atom. The smallest absolute Gasteiger partial charge is 0.164 e. The summed E-state index contributed by atoms with van der Waals surface area (Å²) >= 11 is 2.21. The molecule has 1 heterocycles. The van der Waals surface area contributed by atoms with Crippen molar-refractivity contribution in [3.8, 4) is 11.8 Å². The van der Waals surface area contributed by atoms with Gasteiger partial charge in [-0.1, -0.05) is 12.7 Å². The van der Waals surface area contributed by atoms with Gasteiger partial charge in [0.15, 0.2) is 5.82 Å². The summed E-state index contributed by atoms with van der Waals surface area (Å²) in [5.41, 5.74) is 5.74. The highest BCUT2D eigenvalue weighted by molar-refractivity contribution is 14.1. The molecule has 0 amide bonds. The van der Waals surface area contributed by atoms with Gasteiger partial charge in [0, 0.05) is 18.4 Å². The van der Waals surface area contributed by atoms with Gasteiger partial charge in [0.1, 0.15) is 24.0 Å². The summed E-state index contributed by atoms with van der Waals surface area (Å²) < 4.78 is 11.7. The van der Waals surface area contributed by atoms with Gasteiger partial charge in [0.05, 0.1) is 16.4 Å². The maximum Gasteiger partial charge on any atom is 0.164 e. The summed E-state index contributed by atoms with van der Waals surface area (Å²) in [7, 11) is 1.59. The molecule has 7 heteroatoms. The molecule has 0 aliphatic carbocycles. The number of ether oxygens (including phenoxy) is 2. The van der Waals surface area contributed by atoms with Crippen LogP contribution in [0.1, 0.15) is 22.4 Å². The van der Waals surface area contributed by atoms with Gasteiger partial charge < -0.3 is 9.47 Å². The zero-order chi connectivity index (χ0) is 18.9. The molecule has 0 spiro atoms. The van der Waals surface area contributed by atoms with Crippen molar-refractivity contribution in [2.75, 3.05) is 19.1 Å². The third kappa shape index (κ3) is 5.28. The lowest BCUT2D eigenvalue weighted by atomic mass is 10.1. The van der Waals surface area contributed by atoms with Crippen LogP contribution in [0.15, 0.2) is 42.0 Å². The number of benzene rings is 1. The molecule has 1 aromatic heterocycles. The van der Waals surface area contributed by atoms with E-state index in [-0.39, 0.29) is 0 Å². The fourth-order valence-corrected chi connectivity index (χ4v) is 2.94.